The number of thiazole rings is 1. The Morgan fingerprint density at radius 1 is 1.12 bits per heavy atom. The largest absolute Gasteiger partial charge is 0.416 e. The van der Waals surface area contributed by atoms with Crippen molar-refractivity contribution < 1.29 is 18.0 Å². The van der Waals surface area contributed by atoms with Gasteiger partial charge in [0.15, 0.2) is 5.13 Å². The van der Waals surface area contributed by atoms with Crippen molar-refractivity contribution in [3.63, 3.8) is 0 Å². The highest BCUT2D eigenvalue weighted by molar-refractivity contribution is 7.22. The van der Waals surface area contributed by atoms with Crippen LogP contribution >= 0.6 is 11.3 Å². The van der Waals surface area contributed by atoms with E-state index in [1.54, 1.807) is 11.3 Å². The minimum Gasteiger partial charge on any atom is -0.351 e. The molecule has 1 amide bonds. The quantitative estimate of drug-likeness (QED) is 0.607. The lowest BCUT2D eigenvalue weighted by molar-refractivity contribution is -0.137. The molecule has 1 aliphatic heterocycles. The fraction of sp³-hybridized carbons (Fsp3) is 0.391. The smallest absolute Gasteiger partial charge is 0.351 e. The molecule has 5 nitrogen and oxygen atoms in total. The molecular weight excluding hydrogens is 437 g/mol. The summed E-state index contributed by atoms with van der Waals surface area (Å²) in [5.74, 6) is -0.491. The number of halogens is 3. The van der Waals surface area contributed by atoms with Gasteiger partial charge in [0.25, 0.3) is 5.91 Å². The number of amides is 1. The number of carbonyl (C=O) groups excluding carboxylic acids is 1. The van der Waals surface area contributed by atoms with Crippen molar-refractivity contribution in [1.82, 2.24) is 15.2 Å². The summed E-state index contributed by atoms with van der Waals surface area (Å²) in [6.45, 7) is 8.60. The van der Waals surface area contributed by atoms with Gasteiger partial charge in [0.05, 0.1) is 15.8 Å². The van der Waals surface area contributed by atoms with E-state index in [2.05, 4.69) is 41.1 Å². The van der Waals surface area contributed by atoms with Crippen LogP contribution in [0.5, 0.6) is 0 Å². The fourth-order valence-electron chi connectivity index (χ4n) is 3.93. The van der Waals surface area contributed by atoms with Crippen LogP contribution in [0.3, 0.4) is 0 Å². The number of carbonyl (C=O) groups is 1. The van der Waals surface area contributed by atoms with Crippen LogP contribution in [0.1, 0.15) is 27.0 Å². The van der Waals surface area contributed by atoms with Crippen molar-refractivity contribution in [2.75, 3.05) is 44.2 Å². The van der Waals surface area contributed by atoms with E-state index in [4.69, 9.17) is 4.98 Å². The number of alkyl halides is 3. The van der Waals surface area contributed by atoms with Gasteiger partial charge >= 0.3 is 6.18 Å². The number of aromatic nitrogens is 1. The van der Waals surface area contributed by atoms with Crippen LogP contribution in [0.25, 0.3) is 10.2 Å². The molecule has 0 unspecified atom stereocenters. The summed E-state index contributed by atoms with van der Waals surface area (Å²) in [6.07, 6.45) is -4.46. The number of nitrogens with one attached hydrogen (secondary N) is 1. The van der Waals surface area contributed by atoms with Crippen molar-refractivity contribution in [2.45, 2.75) is 20.0 Å². The predicted octanol–water partition coefficient (Wildman–Crippen LogP) is 4.48. The van der Waals surface area contributed by atoms with E-state index in [1.807, 2.05) is 0 Å². The first kappa shape index (κ1) is 22.5. The molecule has 0 bridgehead atoms. The molecule has 1 aliphatic rings. The first-order valence-corrected chi connectivity index (χ1v) is 11.3. The lowest BCUT2D eigenvalue weighted by atomic mass is 10.1. The third kappa shape index (κ3) is 5.05. The molecule has 2 aromatic carbocycles. The molecule has 0 spiro atoms. The number of hydrogen-bond acceptors (Lipinski definition) is 5. The van der Waals surface area contributed by atoms with Gasteiger partial charge in [-0.1, -0.05) is 23.5 Å². The van der Waals surface area contributed by atoms with E-state index in [0.29, 0.717) is 13.1 Å². The van der Waals surface area contributed by atoms with E-state index in [-0.39, 0.29) is 5.56 Å². The molecule has 2 heterocycles. The second-order valence-electron chi connectivity index (χ2n) is 8.09. The maximum Gasteiger partial charge on any atom is 0.416 e. The molecule has 9 heteroatoms. The number of benzene rings is 2. The van der Waals surface area contributed by atoms with Crippen LogP contribution in [0.15, 0.2) is 36.4 Å². The number of aryl methyl sites for hydroxylation is 2. The van der Waals surface area contributed by atoms with Gasteiger partial charge in [-0.25, -0.2) is 4.98 Å². The lowest BCUT2D eigenvalue weighted by Gasteiger charge is -2.34. The van der Waals surface area contributed by atoms with E-state index < -0.39 is 17.6 Å². The second-order valence-corrected chi connectivity index (χ2v) is 9.07. The predicted molar refractivity (Wildman–Crippen MR) is 122 cm³/mol. The maximum atomic E-state index is 12.8. The van der Waals surface area contributed by atoms with E-state index >= 15 is 0 Å². The lowest BCUT2D eigenvalue weighted by Crippen LogP contribution is -2.48. The molecule has 4 rings (SSSR count). The van der Waals surface area contributed by atoms with Crippen LogP contribution in [-0.2, 0) is 6.18 Å². The Morgan fingerprint density at radius 2 is 1.88 bits per heavy atom. The highest BCUT2D eigenvalue weighted by Gasteiger charge is 2.31. The number of rotatable bonds is 5. The zero-order valence-corrected chi connectivity index (χ0v) is 18.8. The van der Waals surface area contributed by atoms with Crippen molar-refractivity contribution in [3.05, 3.63) is 58.7 Å². The van der Waals surface area contributed by atoms with Crippen LogP contribution in [0.2, 0.25) is 0 Å². The third-order valence-electron chi connectivity index (χ3n) is 5.62. The molecule has 0 aliphatic carbocycles. The molecule has 0 saturated carbocycles. The van der Waals surface area contributed by atoms with Crippen LogP contribution in [-0.4, -0.2) is 55.1 Å². The van der Waals surface area contributed by atoms with E-state index in [0.717, 1.165) is 49.0 Å². The molecule has 1 saturated heterocycles. The molecule has 1 N–H and O–H groups in total. The summed E-state index contributed by atoms with van der Waals surface area (Å²) in [4.78, 5) is 21.6. The van der Waals surface area contributed by atoms with Gasteiger partial charge in [0.2, 0.25) is 0 Å². The molecule has 32 heavy (non-hydrogen) atoms. The van der Waals surface area contributed by atoms with Crippen LogP contribution in [0.4, 0.5) is 18.3 Å². The first-order valence-electron chi connectivity index (χ1n) is 10.5. The Hall–Kier alpha value is -2.65. The van der Waals surface area contributed by atoms with Gasteiger partial charge in [-0.3, -0.25) is 9.69 Å². The molecule has 3 aromatic rings. The monoisotopic (exact) mass is 462 g/mol. The molecule has 1 aromatic heterocycles. The molecule has 0 atom stereocenters. The van der Waals surface area contributed by atoms with Crippen molar-refractivity contribution in [2.24, 2.45) is 0 Å². The number of anilines is 1. The number of nitrogens with zero attached hydrogens (tertiary/aromatic N) is 3. The molecule has 1 fully saturated rings. The standard InChI is InChI=1S/C23H25F3N4OS/c1-15-12-16(2)20-19(13-15)28-22(32-20)30-10-8-29(9-11-30)7-6-27-21(31)17-4-3-5-18(14-17)23(24,25)26/h3-5,12-14H,6-11H2,1-2H3,(H,27,31). The van der Waals surface area contributed by atoms with Gasteiger partial charge in [0.1, 0.15) is 0 Å². The summed E-state index contributed by atoms with van der Waals surface area (Å²) in [7, 11) is 0. The molecular formula is C23H25F3N4OS. The topological polar surface area (TPSA) is 48.5 Å². The SMILES string of the molecule is Cc1cc(C)c2sc(N3CCN(CCNC(=O)c4cccc(C(F)(F)F)c4)CC3)nc2c1. The normalized spacial score (nSPS) is 15.3. The first-order chi connectivity index (χ1) is 15.2. The second kappa shape index (κ2) is 9.07. The highest BCUT2D eigenvalue weighted by Crippen LogP contribution is 2.32. The highest BCUT2D eigenvalue weighted by atomic mass is 32.1. The third-order valence-corrected chi connectivity index (χ3v) is 6.88. The van der Waals surface area contributed by atoms with Gasteiger partial charge in [-0.2, -0.15) is 13.2 Å². The summed E-state index contributed by atoms with van der Waals surface area (Å²) < 4.78 is 39.7. The average Bonchev–Trinajstić information content (AvgIpc) is 3.18. The Morgan fingerprint density at radius 3 is 2.59 bits per heavy atom. The van der Waals surface area contributed by atoms with Crippen molar-refractivity contribution >= 4 is 32.6 Å². The average molecular weight is 463 g/mol. The molecule has 0 radical (unpaired) electrons. The van der Waals surface area contributed by atoms with Crippen molar-refractivity contribution in [3.8, 4) is 0 Å². The minimum absolute atomic E-state index is 0.0195. The number of hydrogen-bond donors (Lipinski definition) is 1. The molecule has 170 valence electrons. The summed E-state index contributed by atoms with van der Waals surface area (Å²) in [5, 5.41) is 3.76. The van der Waals surface area contributed by atoms with E-state index in [1.165, 1.54) is 28.0 Å². The zero-order chi connectivity index (χ0) is 22.9. The van der Waals surface area contributed by atoms with Crippen molar-refractivity contribution in [1.29, 1.82) is 0 Å². The number of piperazine rings is 1. The summed E-state index contributed by atoms with van der Waals surface area (Å²) in [5.41, 5.74) is 2.71. The Bertz CT molecular complexity index is 1120. The minimum atomic E-state index is -4.46. The number of fused-ring (bicyclic) bond motifs is 1. The van der Waals surface area contributed by atoms with E-state index in [9.17, 15) is 18.0 Å². The Labute approximate surface area is 188 Å². The summed E-state index contributed by atoms with van der Waals surface area (Å²) in [6, 6.07) is 8.79. The van der Waals surface area contributed by atoms with Crippen LogP contribution < -0.4 is 10.2 Å². The Kier molecular flexibility index (Phi) is 6.39. The zero-order valence-electron chi connectivity index (χ0n) is 18.0. The summed E-state index contributed by atoms with van der Waals surface area (Å²) >= 11 is 1.72. The Balaban J connectivity index is 1.27. The maximum absolute atomic E-state index is 12.8. The van der Waals surface area contributed by atoms with Gasteiger partial charge in [-0.05, 0) is 49.2 Å². The van der Waals surface area contributed by atoms with Gasteiger partial charge in [-0.15, -0.1) is 0 Å². The van der Waals surface area contributed by atoms with Gasteiger partial charge in [0, 0.05) is 44.8 Å². The fourth-order valence-corrected chi connectivity index (χ4v) is 5.00. The van der Waals surface area contributed by atoms with Gasteiger partial charge < -0.3 is 10.2 Å². The van der Waals surface area contributed by atoms with Crippen LogP contribution in [0, 0.1) is 13.8 Å².